The predicted octanol–water partition coefficient (Wildman–Crippen LogP) is 0.926. The maximum Gasteiger partial charge on any atom is 0.222 e. The van der Waals surface area contributed by atoms with E-state index >= 15 is 0 Å². The molecule has 0 aliphatic carbocycles. The Bertz CT molecular complexity index is 621. The summed E-state index contributed by atoms with van der Waals surface area (Å²) in [6, 6.07) is 10.2. The summed E-state index contributed by atoms with van der Waals surface area (Å²) in [6.07, 6.45) is 4.13. The Morgan fingerprint density at radius 3 is 3.00 bits per heavy atom. The van der Waals surface area contributed by atoms with Gasteiger partial charge in [0.1, 0.15) is 0 Å². The van der Waals surface area contributed by atoms with Crippen LogP contribution in [0.2, 0.25) is 0 Å². The SMILES string of the molecule is O=C(CC1CNCCO1)NCc1cnn(Cc2ccccc2)c1. The molecule has 0 spiro atoms. The molecule has 0 saturated carbocycles. The highest BCUT2D eigenvalue weighted by atomic mass is 16.5. The Kier molecular flexibility index (Phi) is 5.39. The van der Waals surface area contributed by atoms with Gasteiger partial charge in [-0.1, -0.05) is 30.3 Å². The van der Waals surface area contributed by atoms with E-state index in [4.69, 9.17) is 4.74 Å². The van der Waals surface area contributed by atoms with E-state index < -0.39 is 0 Å². The first-order chi connectivity index (χ1) is 11.3. The van der Waals surface area contributed by atoms with Crippen LogP contribution in [0.5, 0.6) is 0 Å². The lowest BCUT2D eigenvalue weighted by Gasteiger charge is -2.22. The zero-order valence-electron chi connectivity index (χ0n) is 13.1. The molecule has 6 nitrogen and oxygen atoms in total. The van der Waals surface area contributed by atoms with Crippen LogP contribution in [0.1, 0.15) is 17.5 Å². The minimum Gasteiger partial charge on any atom is -0.375 e. The normalized spacial score (nSPS) is 17.8. The third-order valence-corrected chi connectivity index (χ3v) is 3.78. The number of hydrogen-bond donors (Lipinski definition) is 2. The third-order valence-electron chi connectivity index (χ3n) is 3.78. The second kappa shape index (κ2) is 7.89. The van der Waals surface area contributed by atoms with Gasteiger partial charge in [-0.25, -0.2) is 0 Å². The molecule has 1 aliphatic rings. The molecule has 6 heteroatoms. The van der Waals surface area contributed by atoms with E-state index in [0.29, 0.717) is 19.6 Å². The first-order valence-corrected chi connectivity index (χ1v) is 7.94. The van der Waals surface area contributed by atoms with E-state index in [1.54, 1.807) is 6.20 Å². The number of rotatable bonds is 6. The molecule has 1 aromatic heterocycles. The molecule has 1 amide bonds. The number of benzene rings is 1. The summed E-state index contributed by atoms with van der Waals surface area (Å²) in [5, 5.41) is 10.5. The molecule has 1 aromatic carbocycles. The van der Waals surface area contributed by atoms with Crippen molar-refractivity contribution < 1.29 is 9.53 Å². The zero-order chi connectivity index (χ0) is 15.9. The van der Waals surface area contributed by atoms with E-state index in [-0.39, 0.29) is 12.0 Å². The Labute approximate surface area is 135 Å². The molecular formula is C17H22N4O2. The van der Waals surface area contributed by atoms with Gasteiger partial charge < -0.3 is 15.4 Å². The summed E-state index contributed by atoms with van der Waals surface area (Å²) in [5.41, 5.74) is 2.20. The molecule has 2 heterocycles. The zero-order valence-corrected chi connectivity index (χ0v) is 13.1. The van der Waals surface area contributed by atoms with Crippen molar-refractivity contribution in [2.24, 2.45) is 0 Å². The van der Waals surface area contributed by atoms with Gasteiger partial charge in [-0.2, -0.15) is 5.10 Å². The second-order valence-corrected chi connectivity index (χ2v) is 5.71. The highest BCUT2D eigenvalue weighted by molar-refractivity contribution is 5.76. The fraction of sp³-hybridized carbons (Fsp3) is 0.412. The monoisotopic (exact) mass is 314 g/mol. The van der Waals surface area contributed by atoms with Crippen LogP contribution in [-0.2, 0) is 22.6 Å². The standard InChI is InChI=1S/C17H22N4O2/c22-17(8-16-11-18-6-7-23-16)19-9-15-10-20-21(13-15)12-14-4-2-1-3-5-14/h1-5,10,13,16,18H,6-9,11-12H2,(H,19,22). The molecule has 1 aliphatic heterocycles. The molecule has 1 fully saturated rings. The second-order valence-electron chi connectivity index (χ2n) is 5.71. The van der Waals surface area contributed by atoms with E-state index in [0.717, 1.165) is 25.2 Å². The van der Waals surface area contributed by atoms with Gasteiger partial charge >= 0.3 is 0 Å². The van der Waals surface area contributed by atoms with Crippen LogP contribution >= 0.6 is 0 Å². The van der Waals surface area contributed by atoms with Crippen LogP contribution in [-0.4, -0.2) is 41.5 Å². The van der Waals surface area contributed by atoms with Crippen molar-refractivity contribution in [2.75, 3.05) is 19.7 Å². The van der Waals surface area contributed by atoms with E-state index in [2.05, 4.69) is 27.9 Å². The van der Waals surface area contributed by atoms with Crippen LogP contribution in [0.15, 0.2) is 42.7 Å². The van der Waals surface area contributed by atoms with Crippen LogP contribution < -0.4 is 10.6 Å². The number of morpholine rings is 1. The quantitative estimate of drug-likeness (QED) is 0.832. The lowest BCUT2D eigenvalue weighted by molar-refractivity contribution is -0.124. The van der Waals surface area contributed by atoms with Crippen molar-refractivity contribution in [1.82, 2.24) is 20.4 Å². The Hall–Kier alpha value is -2.18. The van der Waals surface area contributed by atoms with Crippen LogP contribution in [0.25, 0.3) is 0 Å². The lowest BCUT2D eigenvalue weighted by atomic mass is 10.2. The molecule has 1 unspecified atom stereocenters. The smallest absolute Gasteiger partial charge is 0.222 e. The molecule has 1 atom stereocenters. The van der Waals surface area contributed by atoms with Gasteiger partial charge in [0.2, 0.25) is 5.91 Å². The van der Waals surface area contributed by atoms with Crippen LogP contribution in [0.3, 0.4) is 0 Å². The summed E-state index contributed by atoms with van der Waals surface area (Å²) in [7, 11) is 0. The Balaban J connectivity index is 1.44. The molecule has 1 saturated heterocycles. The summed E-state index contributed by atoms with van der Waals surface area (Å²) >= 11 is 0. The fourth-order valence-corrected chi connectivity index (χ4v) is 2.59. The van der Waals surface area contributed by atoms with E-state index in [1.807, 2.05) is 29.1 Å². The summed E-state index contributed by atoms with van der Waals surface area (Å²) in [4.78, 5) is 11.9. The van der Waals surface area contributed by atoms with Gasteiger partial charge in [0, 0.05) is 31.4 Å². The number of carbonyl (C=O) groups excluding carboxylic acids is 1. The maximum atomic E-state index is 11.9. The van der Waals surface area contributed by atoms with Gasteiger partial charge in [-0.15, -0.1) is 0 Å². The van der Waals surface area contributed by atoms with Crippen molar-refractivity contribution in [3.8, 4) is 0 Å². The summed E-state index contributed by atoms with van der Waals surface area (Å²) < 4.78 is 7.41. The molecule has 23 heavy (non-hydrogen) atoms. The van der Waals surface area contributed by atoms with Crippen molar-refractivity contribution in [3.63, 3.8) is 0 Å². The number of carbonyl (C=O) groups is 1. The van der Waals surface area contributed by atoms with E-state index in [9.17, 15) is 4.79 Å². The number of ether oxygens (including phenoxy) is 1. The van der Waals surface area contributed by atoms with Crippen LogP contribution in [0.4, 0.5) is 0 Å². The van der Waals surface area contributed by atoms with Gasteiger partial charge in [-0.05, 0) is 5.56 Å². The minimum absolute atomic E-state index is 0.00880. The molecule has 3 rings (SSSR count). The summed E-state index contributed by atoms with van der Waals surface area (Å²) in [5.74, 6) is 0.00880. The molecule has 2 N–H and O–H groups in total. The fourth-order valence-electron chi connectivity index (χ4n) is 2.59. The Morgan fingerprint density at radius 1 is 1.35 bits per heavy atom. The molecule has 122 valence electrons. The highest BCUT2D eigenvalue weighted by Crippen LogP contribution is 2.05. The third kappa shape index (κ3) is 4.91. The number of aromatic nitrogens is 2. The van der Waals surface area contributed by atoms with Gasteiger partial charge in [0.15, 0.2) is 0 Å². The number of nitrogens with zero attached hydrogens (tertiary/aromatic N) is 2. The largest absolute Gasteiger partial charge is 0.375 e. The first-order valence-electron chi connectivity index (χ1n) is 7.94. The number of amides is 1. The molecule has 0 bridgehead atoms. The minimum atomic E-state index is -0.0236. The van der Waals surface area contributed by atoms with Crippen molar-refractivity contribution in [1.29, 1.82) is 0 Å². The Morgan fingerprint density at radius 2 is 2.22 bits per heavy atom. The van der Waals surface area contributed by atoms with E-state index in [1.165, 1.54) is 5.56 Å². The maximum absolute atomic E-state index is 11.9. The number of hydrogen-bond acceptors (Lipinski definition) is 4. The average Bonchev–Trinajstić information content (AvgIpc) is 3.02. The highest BCUT2D eigenvalue weighted by Gasteiger charge is 2.17. The van der Waals surface area contributed by atoms with Gasteiger partial charge in [0.25, 0.3) is 0 Å². The topological polar surface area (TPSA) is 68.2 Å². The molecule has 2 aromatic rings. The van der Waals surface area contributed by atoms with Gasteiger partial charge in [-0.3, -0.25) is 9.48 Å². The summed E-state index contributed by atoms with van der Waals surface area (Å²) in [6.45, 7) is 3.50. The van der Waals surface area contributed by atoms with Crippen molar-refractivity contribution >= 4 is 5.91 Å². The van der Waals surface area contributed by atoms with Crippen molar-refractivity contribution in [3.05, 3.63) is 53.9 Å². The average molecular weight is 314 g/mol. The molecular weight excluding hydrogens is 292 g/mol. The molecule has 0 radical (unpaired) electrons. The van der Waals surface area contributed by atoms with Crippen molar-refractivity contribution in [2.45, 2.75) is 25.6 Å². The predicted molar refractivity (Wildman–Crippen MR) is 86.8 cm³/mol. The van der Waals surface area contributed by atoms with Gasteiger partial charge in [0.05, 0.1) is 31.9 Å². The first kappa shape index (κ1) is 15.7. The lowest BCUT2D eigenvalue weighted by Crippen LogP contribution is -2.41. The van der Waals surface area contributed by atoms with Crippen LogP contribution in [0, 0.1) is 0 Å². The number of nitrogens with one attached hydrogen (secondary N) is 2.